The van der Waals surface area contributed by atoms with E-state index in [0.717, 1.165) is 24.3 Å². The molecule has 0 heterocycles. The molecule has 2 amide bonds. The Kier molecular flexibility index (Phi) is 5.70. The summed E-state index contributed by atoms with van der Waals surface area (Å²) in [6.45, 7) is 0. The Morgan fingerprint density at radius 2 is 1.12 bits per heavy atom. The zero-order valence-electron chi connectivity index (χ0n) is 12.6. The molecule has 12 heteroatoms. The van der Waals surface area contributed by atoms with Crippen LogP contribution in [0.5, 0.6) is 0 Å². The number of hydrogen-bond donors (Lipinski definition) is 2. The Hall–Kier alpha value is -3.24. The van der Waals surface area contributed by atoms with Crippen LogP contribution in [-0.2, 0) is 9.59 Å². The van der Waals surface area contributed by atoms with Crippen molar-refractivity contribution < 1.29 is 19.4 Å². The van der Waals surface area contributed by atoms with Gasteiger partial charge in [0, 0.05) is 22.2 Å². The summed E-state index contributed by atoms with van der Waals surface area (Å²) in [5.41, 5.74) is -1.55. The van der Waals surface area contributed by atoms with Crippen molar-refractivity contribution >= 4 is 57.8 Å². The van der Waals surface area contributed by atoms with Crippen molar-refractivity contribution in [3.8, 4) is 0 Å². The van der Waals surface area contributed by atoms with Crippen molar-refractivity contribution in [2.24, 2.45) is 0 Å². The molecule has 26 heavy (non-hydrogen) atoms. The summed E-state index contributed by atoms with van der Waals surface area (Å²) in [7, 11) is 0. The second kappa shape index (κ2) is 7.76. The number of carbonyl (C=O) groups is 2. The summed E-state index contributed by atoms with van der Waals surface area (Å²) in [5, 5.41) is 26.2. The number of nitro benzene ring substituents is 2. The van der Waals surface area contributed by atoms with E-state index in [9.17, 15) is 29.8 Å². The lowest BCUT2D eigenvalue weighted by Crippen LogP contribution is -2.29. The summed E-state index contributed by atoms with van der Waals surface area (Å²) in [6.07, 6.45) is 0. The van der Waals surface area contributed by atoms with Crippen molar-refractivity contribution in [1.29, 1.82) is 0 Å². The highest BCUT2D eigenvalue weighted by atomic mass is 35.5. The molecule has 2 aromatic carbocycles. The first-order chi connectivity index (χ1) is 12.2. The van der Waals surface area contributed by atoms with Gasteiger partial charge in [0.05, 0.1) is 9.85 Å². The molecule has 134 valence electrons. The first kappa shape index (κ1) is 19.1. The molecule has 0 unspecified atom stereocenters. The number of amides is 2. The van der Waals surface area contributed by atoms with E-state index in [-0.39, 0.29) is 21.4 Å². The van der Waals surface area contributed by atoms with E-state index < -0.39 is 33.0 Å². The van der Waals surface area contributed by atoms with Gasteiger partial charge in [-0.05, 0) is 24.3 Å². The van der Waals surface area contributed by atoms with Crippen LogP contribution in [0.3, 0.4) is 0 Å². The van der Waals surface area contributed by atoms with Gasteiger partial charge in [-0.3, -0.25) is 29.8 Å². The summed E-state index contributed by atoms with van der Waals surface area (Å²) in [5.74, 6) is -2.53. The van der Waals surface area contributed by atoms with Gasteiger partial charge < -0.3 is 10.6 Å². The van der Waals surface area contributed by atoms with Gasteiger partial charge in [-0.2, -0.15) is 0 Å². The maximum absolute atomic E-state index is 11.9. The van der Waals surface area contributed by atoms with E-state index in [0.29, 0.717) is 0 Å². The van der Waals surface area contributed by atoms with Gasteiger partial charge in [0.25, 0.3) is 11.4 Å². The molecule has 0 aromatic heterocycles. The normalized spacial score (nSPS) is 10.1. The van der Waals surface area contributed by atoms with Crippen LogP contribution in [0.15, 0.2) is 36.4 Å². The molecule has 0 aliphatic heterocycles. The fourth-order valence-corrected chi connectivity index (χ4v) is 2.21. The smallest absolute Gasteiger partial charge is 0.312 e. The van der Waals surface area contributed by atoms with Crippen LogP contribution < -0.4 is 10.6 Å². The van der Waals surface area contributed by atoms with Crippen molar-refractivity contribution in [2.75, 3.05) is 10.6 Å². The molecule has 0 saturated heterocycles. The largest absolute Gasteiger partial charge is 0.314 e. The van der Waals surface area contributed by atoms with E-state index in [1.807, 2.05) is 0 Å². The second-order valence-corrected chi connectivity index (χ2v) is 5.62. The highest BCUT2D eigenvalue weighted by molar-refractivity contribution is 6.44. The highest BCUT2D eigenvalue weighted by Gasteiger charge is 2.23. The molecule has 2 N–H and O–H groups in total. The minimum atomic E-state index is -1.26. The maximum atomic E-state index is 11.9. The molecular weight excluding hydrogens is 391 g/mol. The van der Waals surface area contributed by atoms with Crippen LogP contribution in [0.25, 0.3) is 0 Å². The average molecular weight is 399 g/mol. The third-order valence-corrected chi connectivity index (χ3v) is 3.49. The molecule has 0 fully saturated rings. The van der Waals surface area contributed by atoms with Gasteiger partial charge in [0.15, 0.2) is 0 Å². The second-order valence-electron chi connectivity index (χ2n) is 4.75. The van der Waals surface area contributed by atoms with Crippen molar-refractivity contribution in [2.45, 2.75) is 0 Å². The highest BCUT2D eigenvalue weighted by Crippen LogP contribution is 2.29. The first-order valence-electron chi connectivity index (χ1n) is 6.69. The van der Waals surface area contributed by atoms with Gasteiger partial charge in [-0.25, -0.2) is 0 Å². The SMILES string of the molecule is O=C(Nc1ccc(Cl)cc1[N+](=O)[O-])C(=O)Nc1ccc(Cl)cc1[N+](=O)[O-]. The minimum Gasteiger partial charge on any atom is -0.312 e. The molecule has 0 spiro atoms. The van der Waals surface area contributed by atoms with Crippen LogP contribution in [0.2, 0.25) is 10.0 Å². The molecule has 0 bridgehead atoms. The van der Waals surface area contributed by atoms with Gasteiger partial charge in [-0.1, -0.05) is 23.2 Å². The summed E-state index contributed by atoms with van der Waals surface area (Å²) < 4.78 is 0. The molecule has 0 atom stereocenters. The number of nitro groups is 2. The van der Waals surface area contributed by atoms with Gasteiger partial charge in [-0.15, -0.1) is 0 Å². The third-order valence-electron chi connectivity index (χ3n) is 3.02. The molecule has 0 aliphatic rings. The average Bonchev–Trinajstić information content (AvgIpc) is 2.57. The predicted octanol–water partition coefficient (Wildman–Crippen LogP) is 3.39. The fourth-order valence-electron chi connectivity index (χ4n) is 1.88. The Labute approximate surface area is 155 Å². The van der Waals surface area contributed by atoms with Crippen LogP contribution in [-0.4, -0.2) is 21.7 Å². The number of hydrogen-bond acceptors (Lipinski definition) is 6. The fraction of sp³-hybridized carbons (Fsp3) is 0. The Morgan fingerprint density at radius 1 is 0.769 bits per heavy atom. The molecule has 2 rings (SSSR count). The van der Waals surface area contributed by atoms with Crippen LogP contribution in [0, 0.1) is 20.2 Å². The van der Waals surface area contributed by atoms with Crippen molar-refractivity contribution in [3.63, 3.8) is 0 Å². The Balaban J connectivity index is 2.21. The number of carbonyl (C=O) groups excluding carboxylic acids is 2. The Morgan fingerprint density at radius 3 is 1.42 bits per heavy atom. The number of halogens is 2. The number of rotatable bonds is 4. The van der Waals surface area contributed by atoms with E-state index in [2.05, 4.69) is 10.6 Å². The van der Waals surface area contributed by atoms with Gasteiger partial charge in [0.1, 0.15) is 11.4 Å². The van der Waals surface area contributed by atoms with E-state index in [4.69, 9.17) is 23.2 Å². The lowest BCUT2D eigenvalue weighted by atomic mass is 10.2. The predicted molar refractivity (Wildman–Crippen MR) is 93.5 cm³/mol. The number of nitrogens with zero attached hydrogens (tertiary/aromatic N) is 2. The van der Waals surface area contributed by atoms with Crippen LogP contribution in [0.4, 0.5) is 22.7 Å². The van der Waals surface area contributed by atoms with E-state index in [1.165, 1.54) is 12.1 Å². The molecule has 2 aromatic rings. The molecule has 0 radical (unpaired) electrons. The number of benzene rings is 2. The Bertz CT molecular complexity index is 858. The summed E-state index contributed by atoms with van der Waals surface area (Å²) >= 11 is 11.3. The quantitative estimate of drug-likeness (QED) is 0.458. The number of nitrogens with one attached hydrogen (secondary N) is 2. The molecule has 10 nitrogen and oxygen atoms in total. The molecule has 0 saturated carbocycles. The lowest BCUT2D eigenvalue weighted by Gasteiger charge is -2.08. The van der Waals surface area contributed by atoms with E-state index >= 15 is 0 Å². The van der Waals surface area contributed by atoms with Crippen LogP contribution in [0.1, 0.15) is 0 Å². The van der Waals surface area contributed by atoms with E-state index in [1.54, 1.807) is 0 Å². The summed E-state index contributed by atoms with van der Waals surface area (Å²) in [4.78, 5) is 44.3. The molecule has 0 aliphatic carbocycles. The summed E-state index contributed by atoms with van der Waals surface area (Å²) in [6, 6.07) is 6.86. The standard InChI is InChI=1S/C14H8Cl2N4O6/c15-7-1-3-9(11(5-7)19(23)24)17-13(21)14(22)18-10-4-2-8(16)6-12(10)20(25)26/h1-6H,(H,17,21)(H,18,22). The van der Waals surface area contributed by atoms with Crippen molar-refractivity contribution in [1.82, 2.24) is 0 Å². The lowest BCUT2D eigenvalue weighted by molar-refractivity contribution is -0.384. The minimum absolute atomic E-state index is 0.0657. The van der Waals surface area contributed by atoms with Gasteiger partial charge >= 0.3 is 11.8 Å². The molecular formula is C14H8Cl2N4O6. The number of anilines is 2. The third kappa shape index (κ3) is 4.43. The zero-order chi connectivity index (χ0) is 19.4. The first-order valence-corrected chi connectivity index (χ1v) is 7.45. The van der Waals surface area contributed by atoms with Gasteiger partial charge in [0.2, 0.25) is 0 Å². The topological polar surface area (TPSA) is 144 Å². The maximum Gasteiger partial charge on any atom is 0.314 e. The zero-order valence-corrected chi connectivity index (χ0v) is 14.1. The van der Waals surface area contributed by atoms with Crippen molar-refractivity contribution in [3.05, 3.63) is 66.7 Å². The van der Waals surface area contributed by atoms with Crippen LogP contribution >= 0.6 is 23.2 Å². The monoisotopic (exact) mass is 398 g/mol.